The second-order valence-electron chi connectivity index (χ2n) is 6.19. The van der Waals surface area contributed by atoms with Crippen LogP contribution in [0.4, 0.5) is 0 Å². The van der Waals surface area contributed by atoms with Gasteiger partial charge in [-0.25, -0.2) is 0 Å². The van der Waals surface area contributed by atoms with Crippen LogP contribution >= 0.6 is 0 Å². The molecule has 1 fully saturated rings. The van der Waals surface area contributed by atoms with E-state index >= 15 is 0 Å². The molecule has 106 valence electrons. The fraction of sp³-hybridized carbons (Fsp3) is 0.667. The van der Waals surface area contributed by atoms with Crippen LogP contribution in [0.25, 0.3) is 0 Å². The van der Waals surface area contributed by atoms with Crippen molar-refractivity contribution >= 4 is 0 Å². The van der Waals surface area contributed by atoms with Gasteiger partial charge in [0.2, 0.25) is 0 Å². The highest BCUT2D eigenvalue weighted by Crippen LogP contribution is 2.33. The highest BCUT2D eigenvalue weighted by atomic mass is 16.3. The lowest BCUT2D eigenvalue weighted by Gasteiger charge is -2.23. The third-order valence-corrected chi connectivity index (χ3v) is 4.60. The van der Waals surface area contributed by atoms with Gasteiger partial charge in [0.1, 0.15) is 0 Å². The molecular weight excluding hydrogens is 232 g/mol. The van der Waals surface area contributed by atoms with Crippen molar-refractivity contribution in [2.45, 2.75) is 76.7 Å². The number of aliphatic hydroxyl groups is 1. The van der Waals surface area contributed by atoms with Gasteiger partial charge in [-0.1, -0.05) is 50.5 Å². The molecule has 0 aromatic heterocycles. The Hall–Kier alpha value is -0.820. The first-order valence-corrected chi connectivity index (χ1v) is 7.98. The number of hydrogen-bond donors (Lipinski definition) is 1. The average Bonchev–Trinajstić information content (AvgIpc) is 2.46. The second-order valence-corrected chi connectivity index (χ2v) is 6.19. The van der Waals surface area contributed by atoms with E-state index in [4.69, 9.17) is 0 Å². The summed E-state index contributed by atoms with van der Waals surface area (Å²) >= 11 is 0. The maximum absolute atomic E-state index is 9.57. The van der Waals surface area contributed by atoms with Gasteiger partial charge in [-0.3, -0.25) is 0 Å². The molecule has 0 saturated heterocycles. The molecule has 2 rings (SSSR count). The van der Waals surface area contributed by atoms with Crippen LogP contribution in [0, 0.1) is 0 Å². The fourth-order valence-corrected chi connectivity index (χ4v) is 3.43. The fourth-order valence-electron chi connectivity index (χ4n) is 3.43. The van der Waals surface area contributed by atoms with E-state index in [-0.39, 0.29) is 6.10 Å². The Morgan fingerprint density at radius 3 is 2.26 bits per heavy atom. The van der Waals surface area contributed by atoms with Gasteiger partial charge in [0, 0.05) is 0 Å². The van der Waals surface area contributed by atoms with Crippen LogP contribution in [-0.4, -0.2) is 11.2 Å². The van der Waals surface area contributed by atoms with Gasteiger partial charge in [-0.2, -0.15) is 0 Å². The topological polar surface area (TPSA) is 20.2 Å². The van der Waals surface area contributed by atoms with Gasteiger partial charge in [0.05, 0.1) is 6.10 Å². The minimum absolute atomic E-state index is 0.206. The summed E-state index contributed by atoms with van der Waals surface area (Å²) in [6.45, 7) is 4.10. The summed E-state index contributed by atoms with van der Waals surface area (Å²) in [6, 6.07) is 9.24. The zero-order valence-electron chi connectivity index (χ0n) is 12.4. The van der Waals surface area contributed by atoms with Gasteiger partial charge in [-0.05, 0) is 55.6 Å². The summed E-state index contributed by atoms with van der Waals surface area (Å²) in [5, 5.41) is 9.57. The molecule has 1 aliphatic rings. The molecule has 0 spiro atoms. The van der Waals surface area contributed by atoms with E-state index in [1.165, 1.54) is 43.2 Å². The Bertz CT molecular complexity index is 360. The monoisotopic (exact) mass is 260 g/mol. The van der Waals surface area contributed by atoms with Crippen LogP contribution in [-0.2, 0) is 0 Å². The Kier molecular flexibility index (Phi) is 5.45. The van der Waals surface area contributed by atoms with Crippen molar-refractivity contribution in [2.24, 2.45) is 0 Å². The normalized spacial score (nSPS) is 20.2. The van der Waals surface area contributed by atoms with E-state index in [9.17, 15) is 5.11 Å². The van der Waals surface area contributed by atoms with Crippen LogP contribution in [0.2, 0.25) is 0 Å². The molecule has 0 amide bonds. The van der Waals surface area contributed by atoms with E-state index in [0.29, 0.717) is 5.92 Å². The molecular formula is C18H28O. The maximum Gasteiger partial charge on any atom is 0.0517 e. The molecule has 2 atom stereocenters. The van der Waals surface area contributed by atoms with E-state index < -0.39 is 0 Å². The lowest BCUT2D eigenvalue weighted by Crippen LogP contribution is -2.09. The van der Waals surface area contributed by atoms with Gasteiger partial charge < -0.3 is 5.11 Å². The molecule has 2 unspecified atom stereocenters. The van der Waals surface area contributed by atoms with Crippen molar-refractivity contribution < 1.29 is 5.11 Å². The quantitative estimate of drug-likeness (QED) is 0.790. The Morgan fingerprint density at radius 1 is 1.11 bits per heavy atom. The molecule has 1 nitrogen and oxygen atoms in total. The molecule has 1 heteroatoms. The summed E-state index contributed by atoms with van der Waals surface area (Å²) < 4.78 is 0. The Labute approximate surface area is 118 Å². The molecule has 1 aromatic carbocycles. The molecule has 0 heterocycles. The zero-order chi connectivity index (χ0) is 13.7. The Balaban J connectivity index is 2.03. The molecule has 0 aliphatic heterocycles. The predicted molar refractivity (Wildman–Crippen MR) is 81.6 cm³/mol. The number of benzene rings is 1. The van der Waals surface area contributed by atoms with Crippen LogP contribution in [0.5, 0.6) is 0 Å². The molecule has 1 saturated carbocycles. The van der Waals surface area contributed by atoms with Gasteiger partial charge >= 0.3 is 0 Å². The summed E-state index contributed by atoms with van der Waals surface area (Å²) in [5.41, 5.74) is 2.92. The number of hydrogen-bond acceptors (Lipinski definition) is 1. The van der Waals surface area contributed by atoms with Crippen molar-refractivity contribution in [3.8, 4) is 0 Å². The number of rotatable bonds is 5. The van der Waals surface area contributed by atoms with E-state index in [1.54, 1.807) is 0 Å². The molecule has 0 bridgehead atoms. The van der Waals surface area contributed by atoms with Gasteiger partial charge in [-0.15, -0.1) is 0 Å². The highest BCUT2D eigenvalue weighted by molar-refractivity contribution is 5.28. The number of aliphatic hydroxyl groups excluding tert-OH is 1. The largest absolute Gasteiger partial charge is 0.393 e. The van der Waals surface area contributed by atoms with Crippen molar-refractivity contribution in [2.75, 3.05) is 0 Å². The van der Waals surface area contributed by atoms with E-state index in [2.05, 4.69) is 31.2 Å². The third kappa shape index (κ3) is 4.07. The molecule has 19 heavy (non-hydrogen) atoms. The van der Waals surface area contributed by atoms with Crippen LogP contribution in [0.15, 0.2) is 24.3 Å². The molecule has 1 N–H and O–H groups in total. The van der Waals surface area contributed by atoms with Gasteiger partial charge in [0.15, 0.2) is 0 Å². The summed E-state index contributed by atoms with van der Waals surface area (Å²) in [6.07, 6.45) is 8.71. The van der Waals surface area contributed by atoms with Crippen LogP contribution in [0.3, 0.4) is 0 Å². The lowest BCUT2D eigenvalue weighted by atomic mass is 9.83. The SMILES string of the molecule is CCC(CC(C)O)c1ccc(C2CCCCC2)cc1. The van der Waals surface area contributed by atoms with Crippen LogP contribution < -0.4 is 0 Å². The van der Waals surface area contributed by atoms with E-state index in [0.717, 1.165) is 18.8 Å². The highest BCUT2D eigenvalue weighted by Gasteiger charge is 2.16. The molecule has 0 radical (unpaired) electrons. The summed E-state index contributed by atoms with van der Waals surface area (Å²) in [5.74, 6) is 1.29. The van der Waals surface area contributed by atoms with Gasteiger partial charge in [0.25, 0.3) is 0 Å². The minimum atomic E-state index is -0.206. The first-order valence-electron chi connectivity index (χ1n) is 7.98. The first kappa shape index (κ1) is 14.6. The standard InChI is InChI=1S/C18H28O/c1-3-15(13-14(2)19)17-9-11-18(12-10-17)16-7-5-4-6-8-16/h9-12,14-16,19H,3-8,13H2,1-2H3. The smallest absolute Gasteiger partial charge is 0.0517 e. The average molecular weight is 260 g/mol. The summed E-state index contributed by atoms with van der Waals surface area (Å²) in [7, 11) is 0. The van der Waals surface area contributed by atoms with Crippen molar-refractivity contribution in [3.05, 3.63) is 35.4 Å². The van der Waals surface area contributed by atoms with Crippen molar-refractivity contribution in [1.29, 1.82) is 0 Å². The second kappa shape index (κ2) is 7.09. The first-order chi connectivity index (χ1) is 9.20. The Morgan fingerprint density at radius 2 is 1.74 bits per heavy atom. The minimum Gasteiger partial charge on any atom is -0.393 e. The third-order valence-electron chi connectivity index (χ3n) is 4.60. The van der Waals surface area contributed by atoms with Crippen molar-refractivity contribution in [1.82, 2.24) is 0 Å². The van der Waals surface area contributed by atoms with E-state index in [1.807, 2.05) is 6.92 Å². The summed E-state index contributed by atoms with van der Waals surface area (Å²) in [4.78, 5) is 0. The van der Waals surface area contributed by atoms with Crippen LogP contribution in [0.1, 0.15) is 81.8 Å². The maximum atomic E-state index is 9.57. The lowest BCUT2D eigenvalue weighted by molar-refractivity contribution is 0.173. The van der Waals surface area contributed by atoms with Crippen molar-refractivity contribution in [3.63, 3.8) is 0 Å². The molecule has 1 aliphatic carbocycles. The predicted octanol–water partition coefficient (Wildman–Crippen LogP) is 5.00. The molecule has 1 aromatic rings. The zero-order valence-corrected chi connectivity index (χ0v) is 12.4.